The first-order valence-corrected chi connectivity index (χ1v) is 8.88. The van der Waals surface area contributed by atoms with Crippen molar-refractivity contribution in [2.75, 3.05) is 25.0 Å². The van der Waals surface area contributed by atoms with Crippen LogP contribution in [0.4, 0.5) is 10.5 Å². The summed E-state index contributed by atoms with van der Waals surface area (Å²) in [6.45, 7) is 3.05. The van der Waals surface area contributed by atoms with Crippen LogP contribution in [0, 0.1) is 0 Å². The SMILES string of the molecule is Cl.O=C(NCc1cccc(NC(=O)N2CCCC2)c1)C1CCCCN1. The monoisotopic (exact) mass is 366 g/mol. The molecule has 0 aliphatic carbocycles. The second-order valence-corrected chi connectivity index (χ2v) is 6.54. The van der Waals surface area contributed by atoms with Crippen molar-refractivity contribution in [3.8, 4) is 0 Å². The number of rotatable bonds is 4. The van der Waals surface area contributed by atoms with Gasteiger partial charge in [0.05, 0.1) is 6.04 Å². The van der Waals surface area contributed by atoms with E-state index in [0.717, 1.165) is 63.0 Å². The van der Waals surface area contributed by atoms with Gasteiger partial charge in [0.15, 0.2) is 0 Å². The van der Waals surface area contributed by atoms with Crippen LogP contribution in [0.1, 0.15) is 37.7 Å². The Morgan fingerprint density at radius 1 is 1.16 bits per heavy atom. The molecule has 1 aromatic carbocycles. The standard InChI is InChI=1S/C18H26N4O2.ClH/c23-17(16-8-1-2-9-19-16)20-13-14-6-5-7-15(12-14)21-18(24)22-10-3-4-11-22;/h5-7,12,16,19H,1-4,8-11,13H2,(H,20,23)(H,21,24);1H. The number of carbonyl (C=O) groups excluding carboxylic acids is 2. The molecule has 3 amide bonds. The summed E-state index contributed by atoms with van der Waals surface area (Å²) in [5.41, 5.74) is 1.76. The van der Waals surface area contributed by atoms with E-state index in [9.17, 15) is 9.59 Å². The van der Waals surface area contributed by atoms with Crippen LogP contribution in [0.15, 0.2) is 24.3 Å². The number of piperidine rings is 1. The molecule has 0 aromatic heterocycles. The minimum atomic E-state index is -0.0724. The van der Waals surface area contributed by atoms with Gasteiger partial charge in [-0.05, 0) is 49.9 Å². The number of carbonyl (C=O) groups is 2. The quantitative estimate of drug-likeness (QED) is 0.766. The van der Waals surface area contributed by atoms with Crippen LogP contribution in [-0.2, 0) is 11.3 Å². The summed E-state index contributed by atoms with van der Waals surface area (Å²) in [5, 5.41) is 9.17. The summed E-state index contributed by atoms with van der Waals surface area (Å²) >= 11 is 0. The number of nitrogens with one attached hydrogen (secondary N) is 3. The zero-order chi connectivity index (χ0) is 16.8. The van der Waals surface area contributed by atoms with Crippen LogP contribution in [0.25, 0.3) is 0 Å². The third-order valence-electron chi connectivity index (χ3n) is 4.67. The van der Waals surface area contributed by atoms with Gasteiger partial charge in [-0.25, -0.2) is 4.79 Å². The molecule has 2 fully saturated rings. The maximum Gasteiger partial charge on any atom is 0.321 e. The average molecular weight is 367 g/mol. The number of anilines is 1. The van der Waals surface area contributed by atoms with Gasteiger partial charge < -0.3 is 20.9 Å². The van der Waals surface area contributed by atoms with Crippen molar-refractivity contribution in [2.45, 2.75) is 44.7 Å². The molecule has 0 saturated carbocycles. The molecule has 7 heteroatoms. The fraction of sp³-hybridized carbons (Fsp3) is 0.556. The molecular formula is C18H27ClN4O2. The van der Waals surface area contributed by atoms with Crippen molar-refractivity contribution in [2.24, 2.45) is 0 Å². The Morgan fingerprint density at radius 3 is 2.68 bits per heavy atom. The molecule has 138 valence electrons. The number of hydrogen-bond acceptors (Lipinski definition) is 3. The van der Waals surface area contributed by atoms with E-state index in [1.54, 1.807) is 0 Å². The minimum Gasteiger partial charge on any atom is -0.351 e. The third kappa shape index (κ3) is 5.61. The molecule has 2 saturated heterocycles. The van der Waals surface area contributed by atoms with Crippen LogP contribution in [0.5, 0.6) is 0 Å². The zero-order valence-electron chi connectivity index (χ0n) is 14.4. The van der Waals surface area contributed by atoms with E-state index in [4.69, 9.17) is 0 Å². The first kappa shape index (κ1) is 19.5. The molecule has 25 heavy (non-hydrogen) atoms. The van der Waals surface area contributed by atoms with Crippen LogP contribution in [-0.4, -0.2) is 42.5 Å². The Kier molecular flexibility index (Phi) is 7.52. The van der Waals surface area contributed by atoms with Crippen molar-refractivity contribution >= 4 is 30.0 Å². The van der Waals surface area contributed by atoms with Gasteiger partial charge in [0, 0.05) is 25.3 Å². The van der Waals surface area contributed by atoms with Crippen LogP contribution >= 0.6 is 12.4 Å². The van der Waals surface area contributed by atoms with Crippen molar-refractivity contribution in [1.82, 2.24) is 15.5 Å². The lowest BCUT2D eigenvalue weighted by Crippen LogP contribution is -2.46. The van der Waals surface area contributed by atoms with Gasteiger partial charge in [0.25, 0.3) is 0 Å². The molecule has 2 aliphatic heterocycles. The normalized spacial score (nSPS) is 19.8. The Hall–Kier alpha value is -1.79. The molecule has 1 aromatic rings. The molecule has 1 atom stereocenters. The average Bonchev–Trinajstić information content (AvgIpc) is 3.15. The summed E-state index contributed by atoms with van der Waals surface area (Å²) in [6.07, 6.45) is 5.30. The summed E-state index contributed by atoms with van der Waals surface area (Å²) in [4.78, 5) is 26.1. The van der Waals surface area contributed by atoms with Gasteiger partial charge in [-0.1, -0.05) is 18.6 Å². The van der Waals surface area contributed by atoms with Crippen LogP contribution < -0.4 is 16.0 Å². The van der Waals surface area contributed by atoms with E-state index in [-0.39, 0.29) is 30.4 Å². The number of hydrogen-bond donors (Lipinski definition) is 3. The van der Waals surface area contributed by atoms with Crippen molar-refractivity contribution < 1.29 is 9.59 Å². The Morgan fingerprint density at radius 2 is 1.96 bits per heavy atom. The fourth-order valence-electron chi connectivity index (χ4n) is 3.27. The molecule has 3 N–H and O–H groups in total. The van der Waals surface area contributed by atoms with Crippen molar-refractivity contribution in [3.05, 3.63) is 29.8 Å². The summed E-state index contributed by atoms with van der Waals surface area (Å²) < 4.78 is 0. The lowest BCUT2D eigenvalue weighted by molar-refractivity contribution is -0.123. The van der Waals surface area contributed by atoms with E-state index in [0.29, 0.717) is 6.54 Å². The lowest BCUT2D eigenvalue weighted by atomic mass is 10.0. The predicted molar refractivity (Wildman–Crippen MR) is 101 cm³/mol. The molecule has 2 aliphatic rings. The number of benzene rings is 1. The number of nitrogens with zero attached hydrogens (tertiary/aromatic N) is 1. The van der Waals surface area contributed by atoms with E-state index in [2.05, 4.69) is 16.0 Å². The van der Waals surface area contributed by atoms with E-state index < -0.39 is 0 Å². The molecule has 1 unspecified atom stereocenters. The molecule has 3 rings (SSSR count). The zero-order valence-corrected chi connectivity index (χ0v) is 15.2. The number of likely N-dealkylation sites (tertiary alicyclic amines) is 1. The fourth-order valence-corrected chi connectivity index (χ4v) is 3.27. The highest BCUT2D eigenvalue weighted by molar-refractivity contribution is 5.89. The highest BCUT2D eigenvalue weighted by atomic mass is 35.5. The number of urea groups is 1. The van der Waals surface area contributed by atoms with Gasteiger partial charge in [-0.15, -0.1) is 12.4 Å². The topological polar surface area (TPSA) is 73.5 Å². The van der Waals surface area contributed by atoms with Gasteiger partial charge in [-0.3, -0.25) is 4.79 Å². The van der Waals surface area contributed by atoms with E-state index in [1.807, 2.05) is 29.2 Å². The van der Waals surface area contributed by atoms with Gasteiger partial charge >= 0.3 is 6.03 Å². The largest absolute Gasteiger partial charge is 0.351 e. The summed E-state index contributed by atoms with van der Waals surface area (Å²) in [7, 11) is 0. The van der Waals surface area contributed by atoms with Gasteiger partial charge in [0.2, 0.25) is 5.91 Å². The van der Waals surface area contributed by atoms with Gasteiger partial charge in [-0.2, -0.15) is 0 Å². The molecule has 6 nitrogen and oxygen atoms in total. The minimum absolute atomic E-state index is 0. The summed E-state index contributed by atoms with van der Waals surface area (Å²) in [6, 6.07) is 7.54. The Labute approximate surface area is 155 Å². The predicted octanol–water partition coefficient (Wildman–Crippen LogP) is 2.49. The highest BCUT2D eigenvalue weighted by Crippen LogP contribution is 2.14. The molecular weight excluding hydrogens is 340 g/mol. The van der Waals surface area contributed by atoms with Crippen molar-refractivity contribution in [1.29, 1.82) is 0 Å². The Balaban J connectivity index is 0.00000225. The van der Waals surface area contributed by atoms with Gasteiger partial charge in [0.1, 0.15) is 0 Å². The first-order valence-electron chi connectivity index (χ1n) is 8.88. The first-order chi connectivity index (χ1) is 11.7. The molecule has 0 bridgehead atoms. The maximum absolute atomic E-state index is 12.2. The third-order valence-corrected chi connectivity index (χ3v) is 4.67. The second-order valence-electron chi connectivity index (χ2n) is 6.54. The van der Waals surface area contributed by atoms with Crippen LogP contribution in [0.3, 0.4) is 0 Å². The maximum atomic E-state index is 12.2. The molecule has 0 radical (unpaired) electrons. The second kappa shape index (κ2) is 9.63. The molecule has 2 heterocycles. The number of halogens is 1. The van der Waals surface area contributed by atoms with Crippen LogP contribution in [0.2, 0.25) is 0 Å². The highest BCUT2D eigenvalue weighted by Gasteiger charge is 2.20. The number of amides is 3. The molecule has 0 spiro atoms. The summed E-state index contributed by atoms with van der Waals surface area (Å²) in [5.74, 6) is 0.0567. The van der Waals surface area contributed by atoms with E-state index in [1.165, 1.54) is 0 Å². The van der Waals surface area contributed by atoms with Crippen molar-refractivity contribution in [3.63, 3.8) is 0 Å². The Bertz CT molecular complexity index is 584. The van der Waals surface area contributed by atoms with E-state index >= 15 is 0 Å². The smallest absolute Gasteiger partial charge is 0.321 e. The lowest BCUT2D eigenvalue weighted by Gasteiger charge is -2.22.